The van der Waals surface area contributed by atoms with Crippen LogP contribution in [0, 0.1) is 40.4 Å². The van der Waals surface area contributed by atoms with Crippen molar-refractivity contribution in [1.29, 1.82) is 0 Å². The average molecular weight is 347 g/mol. The van der Waals surface area contributed by atoms with Gasteiger partial charge >= 0.3 is 0 Å². The minimum absolute atomic E-state index is 0.553. The first-order valence-corrected chi connectivity index (χ1v) is 11.5. The molecule has 0 radical (unpaired) electrons. The van der Waals surface area contributed by atoms with Gasteiger partial charge in [0.25, 0.3) is 0 Å². The number of allylic oxidation sites excluding steroid dienone is 1. The van der Waals surface area contributed by atoms with Crippen LogP contribution < -0.4 is 0 Å². The molecule has 3 aliphatic carbocycles. The minimum Gasteiger partial charge on any atom is -0.0998 e. The molecule has 0 aliphatic heterocycles. The first kappa shape index (κ1) is 21.0. The number of hydrogen-bond acceptors (Lipinski definition) is 0. The Morgan fingerprint density at radius 2 is 1.56 bits per heavy atom. The summed E-state index contributed by atoms with van der Waals surface area (Å²) < 4.78 is 0. The molecule has 0 aromatic carbocycles. The van der Waals surface area contributed by atoms with E-state index in [-0.39, 0.29) is 0 Å². The lowest BCUT2D eigenvalue weighted by molar-refractivity contribution is -0.0700. The minimum atomic E-state index is 0.553. The Morgan fingerprint density at radius 3 is 2.12 bits per heavy atom. The fourth-order valence-electron chi connectivity index (χ4n) is 7.57. The van der Waals surface area contributed by atoms with Crippen molar-refractivity contribution in [2.45, 2.75) is 106 Å². The van der Waals surface area contributed by atoms with Crippen LogP contribution in [0.4, 0.5) is 0 Å². The van der Waals surface area contributed by atoms with E-state index in [1.165, 1.54) is 63.4 Å². The highest BCUT2D eigenvalue weighted by Crippen LogP contribution is 2.65. The van der Waals surface area contributed by atoms with Crippen LogP contribution >= 0.6 is 0 Å². The zero-order valence-electron chi connectivity index (χ0n) is 18.5. The molecule has 0 amide bonds. The van der Waals surface area contributed by atoms with Gasteiger partial charge in [-0.3, -0.25) is 0 Å². The molecular weight excluding hydrogens is 300 g/mol. The topological polar surface area (TPSA) is 0 Å². The van der Waals surface area contributed by atoms with E-state index in [9.17, 15) is 0 Å². The predicted molar refractivity (Wildman–Crippen MR) is 113 cm³/mol. The molecule has 0 N–H and O–H groups in total. The van der Waals surface area contributed by atoms with Crippen LogP contribution in [0.15, 0.2) is 12.2 Å². The quantitative estimate of drug-likeness (QED) is 0.451. The highest BCUT2D eigenvalue weighted by molar-refractivity contribution is 5.13. The molecular formula is C25H46. The van der Waals surface area contributed by atoms with Crippen molar-refractivity contribution in [2.75, 3.05) is 0 Å². The fraction of sp³-hybridized carbons (Fsp3) is 0.920. The van der Waals surface area contributed by atoms with E-state index in [0.29, 0.717) is 10.8 Å². The second kappa shape index (κ2) is 8.18. The lowest BCUT2D eigenvalue weighted by atomic mass is 9.48. The Morgan fingerprint density at radius 1 is 0.920 bits per heavy atom. The summed E-state index contributed by atoms with van der Waals surface area (Å²) in [6.07, 6.45) is 13.1. The Kier molecular flexibility index (Phi) is 6.89. The molecule has 0 aromatic heterocycles. The highest BCUT2D eigenvalue weighted by atomic mass is 14.6. The highest BCUT2D eigenvalue weighted by Gasteiger charge is 2.56. The number of hydrogen-bond donors (Lipinski definition) is 0. The van der Waals surface area contributed by atoms with Gasteiger partial charge in [0, 0.05) is 0 Å². The van der Waals surface area contributed by atoms with E-state index >= 15 is 0 Å². The van der Waals surface area contributed by atoms with E-state index in [1.54, 1.807) is 0 Å². The van der Waals surface area contributed by atoms with Crippen LogP contribution in [-0.2, 0) is 0 Å². The maximum absolute atomic E-state index is 4.36. The zero-order valence-corrected chi connectivity index (χ0v) is 18.5. The summed E-state index contributed by atoms with van der Waals surface area (Å²) in [6.45, 7) is 21.0. The monoisotopic (exact) mass is 346 g/mol. The van der Waals surface area contributed by atoms with Crippen molar-refractivity contribution in [3.63, 3.8) is 0 Å². The van der Waals surface area contributed by atoms with Crippen LogP contribution in [0.3, 0.4) is 0 Å². The number of rotatable bonds is 3. The maximum atomic E-state index is 4.36. The van der Waals surface area contributed by atoms with Crippen molar-refractivity contribution in [1.82, 2.24) is 0 Å². The summed E-state index contributed by atoms with van der Waals surface area (Å²) in [5.74, 6) is 4.62. The summed E-state index contributed by atoms with van der Waals surface area (Å²) in [5, 5.41) is 0. The molecule has 0 bridgehead atoms. The second-order valence-corrected chi connectivity index (χ2v) is 9.96. The molecule has 0 saturated heterocycles. The van der Waals surface area contributed by atoms with Crippen LogP contribution in [-0.4, -0.2) is 0 Å². The Bertz CT molecular complexity index is 449. The smallest absolute Gasteiger partial charge is 0.0152 e. The van der Waals surface area contributed by atoms with Crippen molar-refractivity contribution >= 4 is 0 Å². The standard InChI is InChI=1S/C23H40.C2H6/c1-7-18-20-12-11-19(16(2)3)23(20,6)15-13-21(18)22(5)14-9-8-10-17(22)4;1-2/h17-21H,2,7-15H2,1,3-6H3;1-2H3. The van der Waals surface area contributed by atoms with Crippen LogP contribution in [0.5, 0.6) is 0 Å². The molecule has 3 fully saturated rings. The molecule has 146 valence electrons. The van der Waals surface area contributed by atoms with Crippen LogP contribution in [0.2, 0.25) is 0 Å². The molecule has 0 spiro atoms. The van der Waals surface area contributed by atoms with Gasteiger partial charge in [0.15, 0.2) is 0 Å². The SMILES string of the molecule is C=C(C)C1CCC2C(CC)C(C3(C)CCCCC3C)CCC12C.CC. The van der Waals surface area contributed by atoms with Crippen molar-refractivity contribution in [3.05, 3.63) is 12.2 Å². The molecule has 3 saturated carbocycles. The first-order chi connectivity index (χ1) is 11.8. The van der Waals surface area contributed by atoms with Gasteiger partial charge in [-0.1, -0.05) is 79.4 Å². The lowest BCUT2D eigenvalue weighted by Crippen LogP contribution is -2.49. The van der Waals surface area contributed by atoms with E-state index in [2.05, 4.69) is 41.2 Å². The third-order valence-electron chi connectivity index (χ3n) is 9.08. The van der Waals surface area contributed by atoms with Gasteiger partial charge < -0.3 is 0 Å². The average Bonchev–Trinajstić information content (AvgIpc) is 2.95. The third-order valence-corrected chi connectivity index (χ3v) is 9.08. The predicted octanol–water partition coefficient (Wildman–Crippen LogP) is 8.27. The summed E-state index contributed by atoms with van der Waals surface area (Å²) in [4.78, 5) is 0. The molecule has 25 heavy (non-hydrogen) atoms. The number of fused-ring (bicyclic) bond motifs is 1. The molecule has 3 aliphatic rings. The van der Waals surface area contributed by atoms with Gasteiger partial charge in [0.1, 0.15) is 0 Å². The molecule has 0 aromatic rings. The Balaban J connectivity index is 0.00000109. The van der Waals surface area contributed by atoms with E-state index in [4.69, 9.17) is 0 Å². The van der Waals surface area contributed by atoms with Crippen LogP contribution in [0.1, 0.15) is 106 Å². The van der Waals surface area contributed by atoms with Gasteiger partial charge in [-0.25, -0.2) is 0 Å². The van der Waals surface area contributed by atoms with Crippen molar-refractivity contribution in [2.24, 2.45) is 40.4 Å². The summed E-state index contributed by atoms with van der Waals surface area (Å²) in [7, 11) is 0. The second-order valence-electron chi connectivity index (χ2n) is 9.96. The Labute approximate surface area is 159 Å². The zero-order chi connectivity index (χ0) is 18.8. The van der Waals surface area contributed by atoms with E-state index in [1.807, 2.05) is 13.8 Å². The van der Waals surface area contributed by atoms with Gasteiger partial charge in [-0.05, 0) is 79.4 Å². The molecule has 3 rings (SSSR count). The van der Waals surface area contributed by atoms with Crippen molar-refractivity contribution < 1.29 is 0 Å². The molecule has 7 atom stereocenters. The molecule has 7 unspecified atom stereocenters. The molecule has 0 heterocycles. The summed E-state index contributed by atoms with van der Waals surface area (Å²) in [5.41, 5.74) is 2.62. The third kappa shape index (κ3) is 3.49. The molecule has 0 heteroatoms. The lowest BCUT2D eigenvalue weighted by Gasteiger charge is -2.56. The van der Waals surface area contributed by atoms with Crippen LogP contribution in [0.25, 0.3) is 0 Å². The molecule has 0 nitrogen and oxygen atoms in total. The fourth-order valence-corrected chi connectivity index (χ4v) is 7.57. The summed E-state index contributed by atoms with van der Waals surface area (Å²) in [6, 6.07) is 0. The first-order valence-electron chi connectivity index (χ1n) is 11.5. The van der Waals surface area contributed by atoms with Gasteiger partial charge in [0.2, 0.25) is 0 Å². The van der Waals surface area contributed by atoms with E-state index < -0.39 is 0 Å². The normalized spacial score (nSPS) is 46.8. The van der Waals surface area contributed by atoms with E-state index in [0.717, 1.165) is 29.6 Å². The van der Waals surface area contributed by atoms with Gasteiger partial charge in [-0.15, -0.1) is 0 Å². The van der Waals surface area contributed by atoms with Gasteiger partial charge in [0.05, 0.1) is 0 Å². The van der Waals surface area contributed by atoms with Crippen molar-refractivity contribution in [3.8, 4) is 0 Å². The largest absolute Gasteiger partial charge is 0.0998 e. The maximum Gasteiger partial charge on any atom is -0.0152 e. The summed E-state index contributed by atoms with van der Waals surface area (Å²) >= 11 is 0. The van der Waals surface area contributed by atoms with Gasteiger partial charge in [-0.2, -0.15) is 0 Å². The Hall–Kier alpha value is -0.260.